The van der Waals surface area contributed by atoms with Crippen LogP contribution in [0.3, 0.4) is 0 Å². The van der Waals surface area contributed by atoms with Gasteiger partial charge in [-0.25, -0.2) is 0 Å². The molecule has 0 aliphatic heterocycles. The Morgan fingerprint density at radius 1 is 1.00 bits per heavy atom. The molecule has 3 fully saturated rings. The first-order chi connectivity index (χ1) is 11.1. The normalized spacial score (nSPS) is 47.2. The highest BCUT2D eigenvalue weighted by Gasteiger charge is 2.58. The largest absolute Gasteiger partial charge is 0.379 e. The van der Waals surface area contributed by atoms with Crippen molar-refractivity contribution in [2.24, 2.45) is 23.7 Å². The molecule has 3 saturated carbocycles. The van der Waals surface area contributed by atoms with Crippen molar-refractivity contribution in [1.82, 2.24) is 4.90 Å². The third-order valence-electron chi connectivity index (χ3n) is 7.80. The third kappa shape index (κ3) is 2.87. The summed E-state index contributed by atoms with van der Waals surface area (Å²) < 4.78 is 11.9. The minimum absolute atomic E-state index is 0.266. The third-order valence-corrected chi connectivity index (χ3v) is 7.80. The van der Waals surface area contributed by atoms with Gasteiger partial charge < -0.3 is 14.4 Å². The molecule has 3 aliphatic carbocycles. The molecule has 0 unspecified atom stereocenters. The van der Waals surface area contributed by atoms with Gasteiger partial charge in [-0.15, -0.1) is 0 Å². The van der Waals surface area contributed by atoms with Crippen LogP contribution in [0, 0.1) is 23.7 Å². The summed E-state index contributed by atoms with van der Waals surface area (Å²) in [6, 6.07) is 0. The molecule has 0 aromatic rings. The van der Waals surface area contributed by atoms with Crippen molar-refractivity contribution in [2.75, 3.05) is 28.3 Å². The highest BCUT2D eigenvalue weighted by Crippen LogP contribution is 2.57. The standard InChI is InChI=1S/C20H37NO2/c1-6-14-7-8-16-15(13-14)9-11-20(21(2)3)12-10-17(22-4)19(23-5)18(16)20/h14-19H,6-13H2,1-5H3/t14-,15-,16-,17-,18+,19-,20-/m1/s1. The van der Waals surface area contributed by atoms with Gasteiger partial charge in [0.1, 0.15) is 0 Å². The van der Waals surface area contributed by atoms with Gasteiger partial charge in [0.25, 0.3) is 0 Å². The maximum atomic E-state index is 6.09. The van der Waals surface area contributed by atoms with E-state index in [-0.39, 0.29) is 12.2 Å². The minimum atomic E-state index is 0.266. The number of rotatable bonds is 4. The van der Waals surface area contributed by atoms with E-state index >= 15 is 0 Å². The molecule has 7 atom stereocenters. The van der Waals surface area contributed by atoms with Gasteiger partial charge in [0.15, 0.2) is 0 Å². The van der Waals surface area contributed by atoms with Gasteiger partial charge in [0, 0.05) is 25.7 Å². The van der Waals surface area contributed by atoms with Crippen molar-refractivity contribution in [3.63, 3.8) is 0 Å². The van der Waals surface area contributed by atoms with Crippen molar-refractivity contribution in [3.8, 4) is 0 Å². The van der Waals surface area contributed by atoms with Crippen LogP contribution in [0.4, 0.5) is 0 Å². The van der Waals surface area contributed by atoms with Crippen molar-refractivity contribution < 1.29 is 9.47 Å². The fourth-order valence-corrected chi connectivity index (χ4v) is 6.49. The lowest BCUT2D eigenvalue weighted by Crippen LogP contribution is -2.66. The lowest BCUT2D eigenvalue weighted by atomic mass is 9.51. The average molecular weight is 324 g/mol. The van der Waals surface area contributed by atoms with Gasteiger partial charge in [-0.05, 0) is 70.4 Å². The highest BCUT2D eigenvalue weighted by molar-refractivity contribution is 5.10. The number of nitrogens with zero attached hydrogens (tertiary/aromatic N) is 1. The molecule has 0 N–H and O–H groups in total. The van der Waals surface area contributed by atoms with E-state index in [1.807, 2.05) is 14.2 Å². The van der Waals surface area contributed by atoms with E-state index in [0.717, 1.165) is 24.2 Å². The van der Waals surface area contributed by atoms with E-state index < -0.39 is 0 Å². The molecule has 134 valence electrons. The summed E-state index contributed by atoms with van der Waals surface area (Å²) in [5.41, 5.74) is 0.329. The first kappa shape index (κ1) is 17.7. The second kappa shape index (κ2) is 7.01. The molecule has 0 heterocycles. The molecule has 0 spiro atoms. The Hall–Kier alpha value is -0.120. The van der Waals surface area contributed by atoms with E-state index in [9.17, 15) is 0 Å². The van der Waals surface area contributed by atoms with Crippen molar-refractivity contribution in [3.05, 3.63) is 0 Å². The van der Waals surface area contributed by atoms with Crippen LogP contribution >= 0.6 is 0 Å². The van der Waals surface area contributed by atoms with E-state index in [4.69, 9.17) is 9.47 Å². The molecule has 0 radical (unpaired) electrons. The number of methoxy groups -OCH3 is 2. The summed E-state index contributed by atoms with van der Waals surface area (Å²) in [4.78, 5) is 2.54. The molecule has 0 amide bonds. The molecule has 0 bridgehead atoms. The number of hydrogen-bond acceptors (Lipinski definition) is 3. The second-order valence-electron chi connectivity index (χ2n) is 8.59. The average Bonchev–Trinajstić information content (AvgIpc) is 2.59. The molecule has 3 heteroatoms. The predicted octanol–water partition coefficient (Wildman–Crippen LogP) is 3.96. The summed E-state index contributed by atoms with van der Waals surface area (Å²) in [6.45, 7) is 2.37. The summed E-state index contributed by atoms with van der Waals surface area (Å²) >= 11 is 0. The summed E-state index contributed by atoms with van der Waals surface area (Å²) in [5.74, 6) is 3.35. The molecule has 3 rings (SSSR count). The first-order valence-corrected chi connectivity index (χ1v) is 9.80. The van der Waals surface area contributed by atoms with Crippen LogP contribution in [0.2, 0.25) is 0 Å². The fourth-order valence-electron chi connectivity index (χ4n) is 6.49. The fraction of sp³-hybridized carbons (Fsp3) is 1.00. The monoisotopic (exact) mass is 323 g/mol. The minimum Gasteiger partial charge on any atom is -0.379 e. The quantitative estimate of drug-likeness (QED) is 0.781. The Balaban J connectivity index is 1.91. The molecule has 0 aromatic carbocycles. The summed E-state index contributed by atoms with van der Waals surface area (Å²) in [6.07, 6.45) is 11.4. The Labute approximate surface area is 143 Å². The van der Waals surface area contributed by atoms with Crippen molar-refractivity contribution in [2.45, 2.75) is 76.0 Å². The highest BCUT2D eigenvalue weighted by atomic mass is 16.5. The Morgan fingerprint density at radius 2 is 1.74 bits per heavy atom. The molecule has 23 heavy (non-hydrogen) atoms. The lowest BCUT2D eigenvalue weighted by Gasteiger charge is -2.61. The van der Waals surface area contributed by atoms with Gasteiger partial charge >= 0.3 is 0 Å². The zero-order chi connectivity index (χ0) is 16.6. The lowest BCUT2D eigenvalue weighted by molar-refractivity contribution is -0.183. The molecule has 3 aliphatic rings. The predicted molar refractivity (Wildman–Crippen MR) is 94.6 cm³/mol. The van der Waals surface area contributed by atoms with Crippen molar-refractivity contribution in [1.29, 1.82) is 0 Å². The number of fused-ring (bicyclic) bond motifs is 3. The molecular formula is C20H37NO2. The Bertz CT molecular complexity index is 399. The Morgan fingerprint density at radius 3 is 2.35 bits per heavy atom. The smallest absolute Gasteiger partial charge is 0.0881 e. The van der Waals surface area contributed by atoms with E-state index in [1.54, 1.807) is 0 Å². The zero-order valence-corrected chi connectivity index (χ0v) is 15.9. The Kier molecular flexibility index (Phi) is 5.40. The van der Waals surface area contributed by atoms with Gasteiger partial charge in [-0.2, -0.15) is 0 Å². The van der Waals surface area contributed by atoms with Crippen LogP contribution in [-0.4, -0.2) is 51.0 Å². The second-order valence-corrected chi connectivity index (χ2v) is 8.59. The maximum Gasteiger partial charge on any atom is 0.0881 e. The first-order valence-electron chi connectivity index (χ1n) is 9.80. The summed E-state index contributed by atoms with van der Waals surface area (Å²) in [7, 11) is 8.37. The van der Waals surface area contributed by atoms with Crippen LogP contribution < -0.4 is 0 Å². The molecule has 3 nitrogen and oxygen atoms in total. The zero-order valence-electron chi connectivity index (χ0n) is 15.9. The topological polar surface area (TPSA) is 21.7 Å². The maximum absolute atomic E-state index is 6.09. The number of hydrogen-bond donors (Lipinski definition) is 0. The van der Waals surface area contributed by atoms with Gasteiger partial charge in [0.2, 0.25) is 0 Å². The SMILES string of the molecule is CC[C@@H]1CC[C@@H]2[C@H](CC[C@@]3(N(C)C)CC[C@@H](OC)[C@@H](OC)[C@H]23)C1. The van der Waals surface area contributed by atoms with Gasteiger partial charge in [-0.1, -0.05) is 19.8 Å². The van der Waals surface area contributed by atoms with E-state index in [2.05, 4.69) is 25.9 Å². The van der Waals surface area contributed by atoms with Crippen LogP contribution in [0.15, 0.2) is 0 Å². The van der Waals surface area contributed by atoms with Gasteiger partial charge in [-0.3, -0.25) is 0 Å². The van der Waals surface area contributed by atoms with Crippen LogP contribution in [0.1, 0.15) is 58.3 Å². The van der Waals surface area contributed by atoms with Gasteiger partial charge in [0.05, 0.1) is 12.2 Å². The van der Waals surface area contributed by atoms with Crippen LogP contribution in [0.5, 0.6) is 0 Å². The van der Waals surface area contributed by atoms with Crippen LogP contribution in [0.25, 0.3) is 0 Å². The molecular weight excluding hydrogens is 286 g/mol. The van der Waals surface area contributed by atoms with E-state index in [0.29, 0.717) is 11.5 Å². The summed E-state index contributed by atoms with van der Waals surface area (Å²) in [5, 5.41) is 0. The number of ether oxygens (including phenoxy) is 2. The molecule has 0 aromatic heterocycles. The van der Waals surface area contributed by atoms with Crippen molar-refractivity contribution >= 4 is 0 Å². The van der Waals surface area contributed by atoms with Crippen LogP contribution in [-0.2, 0) is 9.47 Å². The van der Waals surface area contributed by atoms with E-state index in [1.165, 1.54) is 44.9 Å². The molecule has 0 saturated heterocycles.